The van der Waals surface area contributed by atoms with Crippen LogP contribution in [0.3, 0.4) is 0 Å². The number of ether oxygens (including phenoxy) is 1. The molecule has 1 heterocycles. The molecule has 0 bridgehead atoms. The van der Waals surface area contributed by atoms with E-state index < -0.39 is 23.4 Å². The second kappa shape index (κ2) is 9.26. The molecule has 34 heavy (non-hydrogen) atoms. The van der Waals surface area contributed by atoms with Crippen LogP contribution in [0, 0.1) is 12.3 Å². The van der Waals surface area contributed by atoms with Crippen molar-refractivity contribution in [1.29, 1.82) is 0 Å². The molecule has 9 heteroatoms. The zero-order valence-corrected chi connectivity index (χ0v) is 19.9. The Morgan fingerprint density at radius 1 is 1.06 bits per heavy atom. The Labute approximate surface area is 201 Å². The van der Waals surface area contributed by atoms with Crippen LogP contribution in [0.1, 0.15) is 46.9 Å². The Morgan fingerprint density at radius 2 is 1.65 bits per heavy atom. The number of aromatic carboxylic acids is 1. The molecule has 176 valence electrons. The van der Waals surface area contributed by atoms with Gasteiger partial charge in [0.1, 0.15) is 17.2 Å². The first-order valence-electron chi connectivity index (χ1n) is 10.8. The maximum Gasteiger partial charge on any atom is 0.407 e. The summed E-state index contributed by atoms with van der Waals surface area (Å²) in [6, 6.07) is 16.1. The number of carboxylic acid groups (broad SMARTS) is 1. The lowest BCUT2D eigenvalue weighted by Gasteiger charge is -2.23. The molecule has 0 spiro atoms. The topological polar surface area (TPSA) is 118 Å². The van der Waals surface area contributed by atoms with Crippen LogP contribution in [0.4, 0.5) is 9.80 Å². The maximum atomic E-state index is 12.8. The number of fused-ring (bicyclic) bond motifs is 3. The van der Waals surface area contributed by atoms with E-state index in [0.717, 1.165) is 33.8 Å². The molecule has 0 aliphatic heterocycles. The maximum absolute atomic E-state index is 12.8. The van der Waals surface area contributed by atoms with Crippen LogP contribution in [0.2, 0.25) is 0 Å². The summed E-state index contributed by atoms with van der Waals surface area (Å²) in [5.41, 5.74) is 3.81. The Balaban J connectivity index is 1.35. The second-order valence-corrected chi connectivity index (χ2v) is 9.57. The van der Waals surface area contributed by atoms with Crippen LogP contribution in [-0.2, 0) is 9.53 Å². The highest BCUT2D eigenvalue weighted by atomic mass is 32.1. The standard InChI is InChI=1S/C25H25N3O5S/c1-14-20(22(29)30)21(34-28-14)27-23(31)25(2,3)13-26-24(32)33-12-19-17-10-6-4-8-15(17)16-9-5-7-11-18(16)19/h4-11,19H,12-13H2,1-3H3,(H,26,32)(H,27,31)(H,29,30). The van der Waals surface area contributed by atoms with Gasteiger partial charge in [-0.15, -0.1) is 0 Å². The molecule has 8 nitrogen and oxygen atoms in total. The number of hydrogen-bond donors (Lipinski definition) is 3. The van der Waals surface area contributed by atoms with Gasteiger partial charge in [0.25, 0.3) is 0 Å². The fourth-order valence-corrected chi connectivity index (χ4v) is 4.79. The molecule has 3 N–H and O–H groups in total. The van der Waals surface area contributed by atoms with E-state index in [2.05, 4.69) is 27.1 Å². The lowest BCUT2D eigenvalue weighted by molar-refractivity contribution is -0.123. The van der Waals surface area contributed by atoms with Gasteiger partial charge in [0.2, 0.25) is 5.91 Å². The lowest BCUT2D eigenvalue weighted by Crippen LogP contribution is -2.42. The number of carboxylic acids is 1. The van der Waals surface area contributed by atoms with E-state index in [1.165, 1.54) is 0 Å². The smallest absolute Gasteiger partial charge is 0.407 e. The van der Waals surface area contributed by atoms with Crippen molar-refractivity contribution in [3.63, 3.8) is 0 Å². The minimum absolute atomic E-state index is 0.00962. The summed E-state index contributed by atoms with van der Waals surface area (Å²) in [6.07, 6.45) is -0.623. The van der Waals surface area contributed by atoms with Gasteiger partial charge in [0, 0.05) is 12.5 Å². The van der Waals surface area contributed by atoms with Gasteiger partial charge in [-0.25, -0.2) is 9.59 Å². The number of aryl methyl sites for hydroxylation is 1. The minimum Gasteiger partial charge on any atom is -0.478 e. The number of carbonyl (C=O) groups is 3. The summed E-state index contributed by atoms with van der Waals surface area (Å²) < 4.78 is 9.52. The molecule has 0 atom stereocenters. The van der Waals surface area contributed by atoms with Gasteiger partial charge in [0.15, 0.2) is 0 Å². The molecular weight excluding hydrogens is 454 g/mol. The number of aromatic nitrogens is 1. The van der Waals surface area contributed by atoms with Gasteiger partial charge in [-0.05, 0) is 54.6 Å². The number of benzene rings is 2. The number of carbonyl (C=O) groups excluding carboxylic acids is 2. The number of alkyl carbamates (subject to hydrolysis) is 1. The molecule has 1 aromatic heterocycles. The van der Waals surface area contributed by atoms with Crippen LogP contribution in [0.5, 0.6) is 0 Å². The SMILES string of the molecule is Cc1nsc(NC(=O)C(C)(C)CNC(=O)OCC2c3ccccc3-c3ccccc32)c1C(=O)O. The van der Waals surface area contributed by atoms with E-state index in [0.29, 0.717) is 5.69 Å². The molecule has 0 saturated carbocycles. The highest BCUT2D eigenvalue weighted by Gasteiger charge is 2.32. The van der Waals surface area contributed by atoms with Crippen molar-refractivity contribution in [2.75, 3.05) is 18.5 Å². The van der Waals surface area contributed by atoms with Crippen LogP contribution in [0.15, 0.2) is 48.5 Å². The summed E-state index contributed by atoms with van der Waals surface area (Å²) in [4.78, 5) is 36.6. The summed E-state index contributed by atoms with van der Waals surface area (Å²) in [5.74, 6) is -1.65. The molecule has 2 aromatic carbocycles. The predicted octanol–water partition coefficient (Wildman–Crippen LogP) is 4.65. The first-order valence-corrected chi connectivity index (χ1v) is 11.6. The largest absolute Gasteiger partial charge is 0.478 e. The van der Waals surface area contributed by atoms with E-state index in [4.69, 9.17) is 4.74 Å². The number of hydrogen-bond acceptors (Lipinski definition) is 6. The number of nitrogens with zero attached hydrogens (tertiary/aromatic N) is 1. The molecule has 1 aliphatic carbocycles. The highest BCUT2D eigenvalue weighted by Crippen LogP contribution is 2.44. The van der Waals surface area contributed by atoms with E-state index in [-0.39, 0.29) is 29.6 Å². The highest BCUT2D eigenvalue weighted by molar-refractivity contribution is 7.11. The van der Waals surface area contributed by atoms with Gasteiger partial charge in [-0.2, -0.15) is 4.37 Å². The predicted molar refractivity (Wildman–Crippen MR) is 129 cm³/mol. The normalized spacial score (nSPS) is 12.6. The molecule has 3 aromatic rings. The Morgan fingerprint density at radius 3 is 2.24 bits per heavy atom. The van der Waals surface area contributed by atoms with E-state index in [9.17, 15) is 19.5 Å². The minimum atomic E-state index is -1.16. The first kappa shape index (κ1) is 23.4. The fraction of sp³-hybridized carbons (Fsp3) is 0.280. The Hall–Kier alpha value is -3.72. The van der Waals surface area contributed by atoms with Crippen molar-refractivity contribution in [3.8, 4) is 11.1 Å². The zero-order chi connectivity index (χ0) is 24.5. The number of nitrogens with one attached hydrogen (secondary N) is 2. The zero-order valence-electron chi connectivity index (χ0n) is 19.0. The van der Waals surface area contributed by atoms with E-state index in [1.54, 1.807) is 20.8 Å². The molecule has 2 amide bonds. The van der Waals surface area contributed by atoms with Crippen molar-refractivity contribution in [2.45, 2.75) is 26.7 Å². The van der Waals surface area contributed by atoms with Crippen molar-refractivity contribution in [3.05, 3.63) is 70.9 Å². The number of anilines is 1. The van der Waals surface area contributed by atoms with Crippen molar-refractivity contribution < 1.29 is 24.2 Å². The molecule has 0 radical (unpaired) electrons. The molecule has 1 aliphatic rings. The summed E-state index contributed by atoms with van der Waals surface area (Å²) in [5, 5.41) is 14.8. The number of amides is 2. The third-order valence-electron chi connectivity index (χ3n) is 5.94. The molecule has 4 rings (SSSR count). The second-order valence-electron chi connectivity index (χ2n) is 8.79. The molecule has 0 unspecified atom stereocenters. The summed E-state index contributed by atoms with van der Waals surface area (Å²) >= 11 is 0.910. The summed E-state index contributed by atoms with van der Waals surface area (Å²) in [7, 11) is 0. The lowest BCUT2D eigenvalue weighted by atomic mass is 9.92. The van der Waals surface area contributed by atoms with Crippen molar-refractivity contribution in [2.24, 2.45) is 5.41 Å². The fourth-order valence-electron chi connectivity index (χ4n) is 4.00. The number of rotatable bonds is 7. The van der Waals surface area contributed by atoms with Crippen molar-refractivity contribution in [1.82, 2.24) is 9.69 Å². The van der Waals surface area contributed by atoms with Gasteiger partial charge in [0.05, 0.1) is 11.1 Å². The van der Waals surface area contributed by atoms with Crippen LogP contribution in [0.25, 0.3) is 11.1 Å². The average molecular weight is 480 g/mol. The third kappa shape index (κ3) is 4.51. The molecule has 0 fully saturated rings. The Kier molecular flexibility index (Phi) is 6.39. The van der Waals surface area contributed by atoms with Crippen LogP contribution < -0.4 is 10.6 Å². The molecular formula is C25H25N3O5S. The van der Waals surface area contributed by atoms with Gasteiger partial charge >= 0.3 is 12.1 Å². The van der Waals surface area contributed by atoms with Crippen molar-refractivity contribution >= 4 is 34.5 Å². The van der Waals surface area contributed by atoms with Crippen LogP contribution in [-0.4, -0.2) is 40.6 Å². The monoisotopic (exact) mass is 479 g/mol. The first-order chi connectivity index (χ1) is 16.2. The quantitative estimate of drug-likeness (QED) is 0.454. The van der Waals surface area contributed by atoms with Gasteiger partial charge < -0.3 is 20.5 Å². The summed E-state index contributed by atoms with van der Waals surface area (Å²) in [6.45, 7) is 5.06. The van der Waals surface area contributed by atoms with E-state index in [1.807, 2.05) is 36.4 Å². The average Bonchev–Trinajstić information content (AvgIpc) is 3.34. The Bertz CT molecular complexity index is 1220. The third-order valence-corrected chi connectivity index (χ3v) is 6.79. The molecule has 0 saturated heterocycles. The van der Waals surface area contributed by atoms with Gasteiger partial charge in [-0.3, -0.25) is 4.79 Å². The van der Waals surface area contributed by atoms with Crippen LogP contribution >= 0.6 is 11.5 Å². The van der Waals surface area contributed by atoms with Gasteiger partial charge in [-0.1, -0.05) is 48.5 Å². The van der Waals surface area contributed by atoms with E-state index >= 15 is 0 Å².